The molecule has 0 fully saturated rings. The first-order valence-electron chi connectivity index (χ1n) is 11.0. The van der Waals surface area contributed by atoms with Crippen LogP contribution in [0.1, 0.15) is 33.3 Å². The number of esters is 1. The average molecular weight is 463 g/mol. The van der Waals surface area contributed by atoms with Crippen molar-refractivity contribution < 1.29 is 19.1 Å². The summed E-state index contributed by atoms with van der Waals surface area (Å²) in [6, 6.07) is 18.2. The van der Waals surface area contributed by atoms with Gasteiger partial charge in [-0.3, -0.25) is 9.59 Å². The third kappa shape index (κ3) is 6.31. The quantitative estimate of drug-likeness (QED) is 0.519. The predicted octanol–water partition coefficient (Wildman–Crippen LogP) is 3.88. The molecule has 3 aromatic rings. The zero-order chi connectivity index (χ0) is 24.9. The minimum absolute atomic E-state index is 0.281. The third-order valence-corrected chi connectivity index (χ3v) is 5.05. The molecule has 1 heterocycles. The Bertz CT molecular complexity index is 1160. The molecule has 1 unspecified atom stereocenters. The summed E-state index contributed by atoms with van der Waals surface area (Å²) < 4.78 is 6.73. The Labute approximate surface area is 199 Å². The fourth-order valence-electron chi connectivity index (χ4n) is 3.01. The van der Waals surface area contributed by atoms with Crippen LogP contribution in [-0.4, -0.2) is 40.2 Å². The van der Waals surface area contributed by atoms with Crippen molar-refractivity contribution in [3.63, 3.8) is 0 Å². The molecule has 0 bridgehead atoms. The molecule has 0 spiro atoms. The summed E-state index contributed by atoms with van der Waals surface area (Å²) >= 11 is 0. The van der Waals surface area contributed by atoms with Gasteiger partial charge in [0.05, 0.1) is 11.4 Å². The minimum atomic E-state index is -0.873. The van der Waals surface area contributed by atoms with E-state index in [1.54, 1.807) is 31.5 Å². The van der Waals surface area contributed by atoms with Crippen LogP contribution < -0.4 is 10.6 Å². The van der Waals surface area contributed by atoms with E-state index in [0.717, 1.165) is 16.8 Å². The smallest absolute Gasteiger partial charge is 0.328 e. The maximum absolute atomic E-state index is 12.6. The highest BCUT2D eigenvalue weighted by atomic mass is 16.5. The highest BCUT2D eigenvalue weighted by molar-refractivity contribution is 5.94. The van der Waals surface area contributed by atoms with Crippen molar-refractivity contribution in [2.75, 3.05) is 11.9 Å². The van der Waals surface area contributed by atoms with Crippen molar-refractivity contribution in [3.05, 3.63) is 66.2 Å². The van der Waals surface area contributed by atoms with Gasteiger partial charge >= 0.3 is 5.97 Å². The second-order valence-electron chi connectivity index (χ2n) is 9.13. The lowest BCUT2D eigenvalue weighted by atomic mass is 9.95. The number of benzene rings is 2. The molecule has 3 rings (SSSR count). The van der Waals surface area contributed by atoms with Gasteiger partial charge in [-0.2, -0.15) is 5.10 Å². The van der Waals surface area contributed by atoms with Crippen LogP contribution in [0.25, 0.3) is 16.9 Å². The molecule has 178 valence electrons. The zero-order valence-corrected chi connectivity index (χ0v) is 20.1. The number of carbonyl (C=O) groups is 3. The van der Waals surface area contributed by atoms with Crippen molar-refractivity contribution in [2.24, 2.45) is 5.41 Å². The van der Waals surface area contributed by atoms with Gasteiger partial charge < -0.3 is 15.4 Å². The van der Waals surface area contributed by atoms with Gasteiger partial charge in [-0.25, -0.2) is 9.48 Å². The monoisotopic (exact) mass is 462 g/mol. The highest BCUT2D eigenvalue weighted by Crippen LogP contribution is 2.25. The topological polar surface area (TPSA) is 102 Å². The molecule has 0 radical (unpaired) electrons. The number of aromatic nitrogens is 2. The van der Waals surface area contributed by atoms with Crippen LogP contribution in [0.3, 0.4) is 0 Å². The number of hydrogen-bond acceptors (Lipinski definition) is 5. The number of carbonyl (C=O) groups excluding carboxylic acids is 3. The molecule has 8 heteroatoms. The summed E-state index contributed by atoms with van der Waals surface area (Å²) in [7, 11) is 0. The first-order valence-corrected chi connectivity index (χ1v) is 11.0. The molecule has 2 N–H and O–H groups in total. The van der Waals surface area contributed by atoms with E-state index in [-0.39, 0.29) is 5.91 Å². The van der Waals surface area contributed by atoms with Crippen molar-refractivity contribution in [3.8, 4) is 16.9 Å². The first-order chi connectivity index (χ1) is 16.0. The number of nitrogens with one attached hydrogen (secondary N) is 2. The Morgan fingerprint density at radius 1 is 1.03 bits per heavy atom. The van der Waals surface area contributed by atoms with Gasteiger partial charge in [0.15, 0.2) is 6.61 Å². The Kier molecular flexibility index (Phi) is 7.50. The summed E-state index contributed by atoms with van der Waals surface area (Å²) in [6.45, 7) is 8.27. The van der Waals surface area contributed by atoms with E-state index in [0.29, 0.717) is 11.5 Å². The van der Waals surface area contributed by atoms with Crippen LogP contribution in [0, 0.1) is 12.3 Å². The van der Waals surface area contributed by atoms with E-state index in [4.69, 9.17) is 4.74 Å². The van der Waals surface area contributed by atoms with Crippen molar-refractivity contribution >= 4 is 23.6 Å². The van der Waals surface area contributed by atoms with E-state index in [1.165, 1.54) is 6.92 Å². The van der Waals surface area contributed by atoms with Crippen LogP contribution in [0.15, 0.2) is 60.7 Å². The lowest BCUT2D eigenvalue weighted by molar-refractivity contribution is -0.150. The fourth-order valence-corrected chi connectivity index (χ4v) is 3.01. The molecular formula is C26H30N4O4. The lowest BCUT2D eigenvalue weighted by Gasteiger charge is -2.20. The van der Waals surface area contributed by atoms with Crippen LogP contribution in [-0.2, 0) is 19.1 Å². The normalized spacial score (nSPS) is 12.0. The molecule has 1 aromatic heterocycles. The van der Waals surface area contributed by atoms with Gasteiger partial charge in [0.25, 0.3) is 5.91 Å². The molecule has 0 saturated heterocycles. The van der Waals surface area contributed by atoms with Crippen LogP contribution in [0.4, 0.5) is 5.82 Å². The summed E-state index contributed by atoms with van der Waals surface area (Å²) in [4.78, 5) is 36.9. The van der Waals surface area contributed by atoms with Crippen LogP contribution in [0.2, 0.25) is 0 Å². The number of para-hydroxylation sites is 1. The summed E-state index contributed by atoms with van der Waals surface area (Å²) in [6.07, 6.45) is 0. The molecule has 0 aliphatic rings. The van der Waals surface area contributed by atoms with Crippen LogP contribution >= 0.6 is 0 Å². The van der Waals surface area contributed by atoms with Gasteiger partial charge in [0.1, 0.15) is 11.9 Å². The summed E-state index contributed by atoms with van der Waals surface area (Å²) in [5.41, 5.74) is 2.86. The number of anilines is 1. The largest absolute Gasteiger partial charge is 0.454 e. The molecule has 34 heavy (non-hydrogen) atoms. The maximum Gasteiger partial charge on any atom is 0.328 e. The second-order valence-corrected chi connectivity index (χ2v) is 9.13. The lowest BCUT2D eigenvalue weighted by Crippen LogP contribution is -2.45. The number of rotatable bonds is 7. The Morgan fingerprint density at radius 3 is 2.29 bits per heavy atom. The number of ether oxygens (including phenoxy) is 1. The Hall–Kier alpha value is -3.94. The van der Waals surface area contributed by atoms with Gasteiger partial charge in [0.2, 0.25) is 5.91 Å². The minimum Gasteiger partial charge on any atom is -0.454 e. The van der Waals surface area contributed by atoms with Gasteiger partial charge in [0, 0.05) is 17.0 Å². The number of aryl methyl sites for hydroxylation is 1. The molecule has 2 aromatic carbocycles. The third-order valence-electron chi connectivity index (χ3n) is 5.05. The Balaban J connectivity index is 1.71. The maximum atomic E-state index is 12.6. The molecule has 8 nitrogen and oxygen atoms in total. The van der Waals surface area contributed by atoms with Crippen molar-refractivity contribution in [2.45, 2.75) is 40.7 Å². The molecule has 0 aliphatic carbocycles. The summed E-state index contributed by atoms with van der Waals surface area (Å²) in [5, 5.41) is 10.0. The molecular weight excluding hydrogens is 432 g/mol. The Morgan fingerprint density at radius 2 is 1.68 bits per heavy atom. The molecule has 2 amide bonds. The fraction of sp³-hybridized carbons (Fsp3) is 0.308. The SMILES string of the molecule is Cc1ccc(-c2cc(NC(=O)COC(=O)C(C)NC(=O)C(C)(C)C)n(-c3ccccc3)n2)cc1. The molecule has 1 atom stereocenters. The molecule has 0 aliphatic heterocycles. The number of amides is 2. The first kappa shape index (κ1) is 24.7. The highest BCUT2D eigenvalue weighted by Gasteiger charge is 2.26. The van der Waals surface area contributed by atoms with E-state index in [2.05, 4.69) is 15.7 Å². The van der Waals surface area contributed by atoms with E-state index >= 15 is 0 Å². The summed E-state index contributed by atoms with van der Waals surface area (Å²) in [5.74, 6) is -1.05. The zero-order valence-electron chi connectivity index (χ0n) is 20.1. The van der Waals surface area contributed by atoms with Gasteiger partial charge in [-0.1, -0.05) is 68.8 Å². The van der Waals surface area contributed by atoms with Gasteiger partial charge in [-0.15, -0.1) is 0 Å². The number of hydrogen-bond donors (Lipinski definition) is 2. The predicted molar refractivity (Wildman–Crippen MR) is 130 cm³/mol. The second kappa shape index (κ2) is 10.3. The van der Waals surface area contributed by atoms with Crippen molar-refractivity contribution in [1.82, 2.24) is 15.1 Å². The van der Waals surface area contributed by atoms with E-state index in [9.17, 15) is 14.4 Å². The van der Waals surface area contributed by atoms with Gasteiger partial charge in [-0.05, 0) is 26.0 Å². The van der Waals surface area contributed by atoms with E-state index < -0.39 is 29.9 Å². The van der Waals surface area contributed by atoms with Crippen LogP contribution in [0.5, 0.6) is 0 Å². The average Bonchev–Trinajstić information content (AvgIpc) is 3.21. The standard InChI is InChI=1S/C26H30N4O4/c1-17-11-13-19(14-12-17)21-15-22(30(29-21)20-9-7-6-8-10-20)28-23(31)16-34-24(32)18(2)27-25(33)26(3,4)5/h6-15,18H,16H2,1-5H3,(H,27,33)(H,28,31). The van der Waals surface area contributed by atoms with Crippen molar-refractivity contribution in [1.29, 1.82) is 0 Å². The number of nitrogens with zero attached hydrogens (tertiary/aromatic N) is 2. The van der Waals surface area contributed by atoms with E-state index in [1.807, 2.05) is 61.5 Å². The molecule has 0 saturated carbocycles.